The fraction of sp³-hybridized carbons (Fsp3) is 0.680. The Morgan fingerprint density at radius 1 is 0.974 bits per heavy atom. The summed E-state index contributed by atoms with van der Waals surface area (Å²) in [6, 6.07) is 6.51. The SMILES string of the molecule is Cc1ccc(CN2CCC3(CCN(C(=O)OC(C(F)(F)F)C(F)(F)F)CC3)C2)c(N2CCCC2)c1.O=C=O. The summed E-state index contributed by atoms with van der Waals surface area (Å²) in [5.41, 5.74) is 3.65. The number of anilines is 1. The lowest BCUT2D eigenvalue weighted by atomic mass is 9.78. The van der Waals surface area contributed by atoms with Crippen molar-refractivity contribution in [2.75, 3.05) is 44.2 Å². The second kappa shape index (κ2) is 11.9. The van der Waals surface area contributed by atoms with Crippen molar-refractivity contribution in [2.24, 2.45) is 5.41 Å². The van der Waals surface area contributed by atoms with Gasteiger partial charge in [0.15, 0.2) is 0 Å². The molecule has 3 saturated heterocycles. The Morgan fingerprint density at radius 3 is 2.08 bits per heavy atom. The van der Waals surface area contributed by atoms with E-state index < -0.39 is 24.5 Å². The Kier molecular flexibility index (Phi) is 9.35. The van der Waals surface area contributed by atoms with Crippen molar-refractivity contribution in [3.63, 3.8) is 0 Å². The van der Waals surface area contributed by atoms with Crippen LogP contribution in [0.1, 0.15) is 43.2 Å². The summed E-state index contributed by atoms with van der Waals surface area (Å²) < 4.78 is 80.2. The van der Waals surface area contributed by atoms with Crippen molar-refractivity contribution >= 4 is 17.9 Å². The van der Waals surface area contributed by atoms with Gasteiger partial charge in [0, 0.05) is 45.0 Å². The molecule has 3 fully saturated rings. The molecule has 212 valence electrons. The molecule has 0 saturated carbocycles. The first-order valence-electron chi connectivity index (χ1n) is 12.4. The van der Waals surface area contributed by atoms with Crippen LogP contribution in [-0.2, 0) is 20.9 Å². The Morgan fingerprint density at radius 2 is 1.53 bits per heavy atom. The van der Waals surface area contributed by atoms with Crippen LogP contribution in [0.2, 0.25) is 0 Å². The predicted molar refractivity (Wildman–Crippen MR) is 123 cm³/mol. The molecule has 0 aromatic heterocycles. The van der Waals surface area contributed by atoms with E-state index >= 15 is 0 Å². The van der Waals surface area contributed by atoms with Crippen LogP contribution in [0.3, 0.4) is 0 Å². The third-order valence-corrected chi connectivity index (χ3v) is 7.49. The van der Waals surface area contributed by atoms with Gasteiger partial charge in [-0.2, -0.15) is 35.9 Å². The lowest BCUT2D eigenvalue weighted by Crippen LogP contribution is -2.50. The molecular weight excluding hydrogens is 520 g/mol. The van der Waals surface area contributed by atoms with Crippen LogP contribution < -0.4 is 4.90 Å². The highest BCUT2D eigenvalue weighted by Crippen LogP contribution is 2.42. The number of carbonyl (C=O) groups excluding carboxylic acids is 3. The van der Waals surface area contributed by atoms with Gasteiger partial charge in [0.05, 0.1) is 0 Å². The number of hydrogen-bond acceptors (Lipinski definition) is 6. The molecule has 3 aliphatic rings. The van der Waals surface area contributed by atoms with Gasteiger partial charge in [-0.3, -0.25) is 4.90 Å². The fourth-order valence-electron chi connectivity index (χ4n) is 5.53. The first-order valence-corrected chi connectivity index (χ1v) is 12.4. The van der Waals surface area contributed by atoms with Crippen LogP contribution in [-0.4, -0.2) is 79.8 Å². The third-order valence-electron chi connectivity index (χ3n) is 7.49. The molecule has 13 heteroatoms. The Hall–Kier alpha value is -2.79. The summed E-state index contributed by atoms with van der Waals surface area (Å²) >= 11 is 0. The maximum Gasteiger partial charge on any atom is 0.434 e. The van der Waals surface area contributed by atoms with Gasteiger partial charge in [0.1, 0.15) is 0 Å². The third kappa shape index (κ3) is 7.41. The highest BCUT2D eigenvalue weighted by Gasteiger charge is 2.60. The van der Waals surface area contributed by atoms with Gasteiger partial charge in [-0.25, -0.2) is 4.79 Å². The maximum absolute atomic E-state index is 12.7. The second-order valence-electron chi connectivity index (χ2n) is 10.2. The molecular formula is C25H31F6N3O4. The topological polar surface area (TPSA) is 70.2 Å². The van der Waals surface area contributed by atoms with E-state index in [1.165, 1.54) is 29.7 Å². The van der Waals surface area contributed by atoms with Gasteiger partial charge in [-0.05, 0) is 68.2 Å². The summed E-state index contributed by atoms with van der Waals surface area (Å²) in [6.07, 6.45) is -12.5. The van der Waals surface area contributed by atoms with Crippen molar-refractivity contribution in [1.29, 1.82) is 0 Å². The summed E-state index contributed by atoms with van der Waals surface area (Å²) in [7, 11) is 0. The highest BCUT2D eigenvalue weighted by atomic mass is 19.4. The Balaban J connectivity index is 0.00000127. The molecule has 0 unspecified atom stereocenters. The van der Waals surface area contributed by atoms with E-state index in [1.807, 2.05) is 0 Å². The summed E-state index contributed by atoms with van der Waals surface area (Å²) in [5.74, 6) is 0. The van der Waals surface area contributed by atoms with E-state index in [0.29, 0.717) is 12.8 Å². The van der Waals surface area contributed by atoms with Crippen LogP contribution in [0.5, 0.6) is 0 Å². The fourth-order valence-corrected chi connectivity index (χ4v) is 5.53. The minimum Gasteiger partial charge on any atom is -0.426 e. The van der Waals surface area contributed by atoms with Crippen molar-refractivity contribution in [3.05, 3.63) is 29.3 Å². The second-order valence-corrected chi connectivity index (χ2v) is 10.2. The molecule has 0 atom stereocenters. The first kappa shape index (κ1) is 29.8. The molecule has 1 aromatic carbocycles. The quantitative estimate of drug-likeness (QED) is 0.495. The molecule has 3 aliphatic heterocycles. The maximum atomic E-state index is 12.7. The predicted octanol–water partition coefficient (Wildman–Crippen LogP) is 4.93. The number of halogens is 6. The molecule has 4 rings (SSSR count). The first-order chi connectivity index (χ1) is 17.8. The molecule has 0 radical (unpaired) electrons. The monoisotopic (exact) mass is 551 g/mol. The average molecular weight is 552 g/mol. The molecule has 1 aromatic rings. The molecule has 0 bridgehead atoms. The number of likely N-dealkylation sites (tertiary alicyclic amines) is 2. The van der Waals surface area contributed by atoms with Crippen LogP contribution in [0.4, 0.5) is 36.8 Å². The van der Waals surface area contributed by atoms with Gasteiger partial charge in [-0.1, -0.05) is 12.1 Å². The minimum atomic E-state index is -5.71. The summed E-state index contributed by atoms with van der Waals surface area (Å²) in [6.45, 7) is 6.79. The average Bonchev–Trinajstić information content (AvgIpc) is 3.49. The number of aryl methyl sites for hydroxylation is 1. The number of hydrogen-bond donors (Lipinski definition) is 0. The van der Waals surface area contributed by atoms with Gasteiger partial charge in [-0.15, -0.1) is 0 Å². The number of nitrogens with zero attached hydrogens (tertiary/aromatic N) is 3. The lowest BCUT2D eigenvalue weighted by molar-refractivity contribution is -0.308. The van der Waals surface area contributed by atoms with E-state index in [-0.39, 0.29) is 24.7 Å². The molecule has 38 heavy (non-hydrogen) atoms. The van der Waals surface area contributed by atoms with E-state index in [0.717, 1.165) is 44.0 Å². The Labute approximate surface area is 216 Å². The minimum absolute atomic E-state index is 0.0820. The number of alkyl halides is 6. The standard InChI is InChI=1S/C24H31F6N3O2.CO2/c1-17-4-5-18(19(14-17)32-9-2-3-10-32)15-31-11-6-22(16-31)7-12-33(13-8-22)21(34)35-20(23(25,26)27)24(28,29)30;2-1-3/h4-5,14,20H,2-3,6-13,15-16H2,1H3;. The molecule has 1 spiro atoms. The molecule has 0 N–H and O–H groups in total. The van der Waals surface area contributed by atoms with Crippen molar-refractivity contribution in [2.45, 2.75) is 64.0 Å². The van der Waals surface area contributed by atoms with Crippen LogP contribution in [0, 0.1) is 12.3 Å². The molecule has 7 nitrogen and oxygen atoms in total. The van der Waals surface area contributed by atoms with Crippen molar-refractivity contribution < 1.29 is 45.5 Å². The van der Waals surface area contributed by atoms with Crippen LogP contribution in [0.25, 0.3) is 0 Å². The highest BCUT2D eigenvalue weighted by molar-refractivity contribution is 5.68. The molecule has 3 heterocycles. The molecule has 0 aliphatic carbocycles. The zero-order valence-electron chi connectivity index (χ0n) is 21.0. The number of ether oxygens (including phenoxy) is 1. The van der Waals surface area contributed by atoms with E-state index in [9.17, 15) is 31.1 Å². The number of rotatable bonds is 4. The van der Waals surface area contributed by atoms with Crippen molar-refractivity contribution in [1.82, 2.24) is 9.80 Å². The van der Waals surface area contributed by atoms with E-state index in [1.54, 1.807) is 0 Å². The zero-order chi connectivity index (χ0) is 28.1. The normalized spacial score (nSPS) is 19.9. The van der Waals surface area contributed by atoms with E-state index in [2.05, 4.69) is 39.7 Å². The Bertz CT molecular complexity index is 982. The largest absolute Gasteiger partial charge is 0.434 e. The van der Waals surface area contributed by atoms with Crippen LogP contribution in [0.15, 0.2) is 18.2 Å². The lowest BCUT2D eigenvalue weighted by Gasteiger charge is -2.39. The smallest absolute Gasteiger partial charge is 0.426 e. The van der Waals surface area contributed by atoms with Gasteiger partial charge in [0.25, 0.3) is 6.10 Å². The zero-order valence-corrected chi connectivity index (χ0v) is 21.0. The van der Waals surface area contributed by atoms with Gasteiger partial charge in [0.2, 0.25) is 0 Å². The summed E-state index contributed by atoms with van der Waals surface area (Å²) in [4.78, 5) is 34.1. The van der Waals surface area contributed by atoms with E-state index in [4.69, 9.17) is 9.59 Å². The number of benzene rings is 1. The van der Waals surface area contributed by atoms with Crippen LogP contribution >= 0.6 is 0 Å². The van der Waals surface area contributed by atoms with Gasteiger partial charge < -0.3 is 14.5 Å². The summed E-state index contributed by atoms with van der Waals surface area (Å²) in [5, 5.41) is 0. The molecule has 1 amide bonds. The number of piperidine rings is 1. The number of carbonyl (C=O) groups is 1. The number of amides is 1. The van der Waals surface area contributed by atoms with Crippen molar-refractivity contribution in [3.8, 4) is 0 Å². The van der Waals surface area contributed by atoms with Gasteiger partial charge >= 0.3 is 24.6 Å².